The molecule has 0 saturated carbocycles. The van der Waals surface area contributed by atoms with Crippen molar-refractivity contribution >= 4 is 19.2 Å². The first-order valence-corrected chi connectivity index (χ1v) is 22.1. The zero-order valence-electron chi connectivity index (χ0n) is 33.3. The normalized spacial score (nSPS) is 22.3. The second kappa shape index (κ2) is 23.7. The summed E-state index contributed by atoms with van der Waals surface area (Å²) >= 11 is 0. The molecule has 1 aliphatic rings. The van der Waals surface area contributed by atoms with Crippen LogP contribution >= 0.6 is 7.82 Å². The fourth-order valence-corrected chi connectivity index (χ4v) is 7.90. The zero-order valence-corrected chi connectivity index (χ0v) is 34.2. The van der Waals surface area contributed by atoms with Crippen LogP contribution < -0.4 is 5.73 Å². The van der Waals surface area contributed by atoms with Crippen molar-refractivity contribution in [2.24, 2.45) is 0 Å². The molecule has 0 aliphatic carbocycles. The van der Waals surface area contributed by atoms with E-state index in [1.54, 1.807) is 19.1 Å². The highest BCUT2D eigenvalue weighted by atomic mass is 31.2. The maximum absolute atomic E-state index is 13.1. The van der Waals surface area contributed by atoms with Gasteiger partial charge in [0, 0.05) is 6.61 Å². The van der Waals surface area contributed by atoms with Gasteiger partial charge in [-0.1, -0.05) is 134 Å². The molecule has 0 spiro atoms. The second-order valence-corrected chi connectivity index (χ2v) is 16.6. The van der Waals surface area contributed by atoms with E-state index in [-0.39, 0.29) is 19.0 Å². The fourth-order valence-electron chi connectivity index (χ4n) is 7.15. The molecular formula is C41H67N4O9P. The molecule has 14 heteroatoms. The highest BCUT2D eigenvalue weighted by Crippen LogP contribution is 2.46. The molecule has 7 atom stereocenters. The molecule has 1 unspecified atom stereocenters. The lowest BCUT2D eigenvalue weighted by Crippen LogP contribution is -2.39. The maximum atomic E-state index is 13.1. The molecule has 1 saturated heterocycles. The van der Waals surface area contributed by atoms with Crippen LogP contribution in [0.2, 0.25) is 0 Å². The number of benzene rings is 1. The Balaban J connectivity index is 1.16. The lowest BCUT2D eigenvalue weighted by atomic mass is 9.93. The van der Waals surface area contributed by atoms with Crippen LogP contribution in [0.4, 0.5) is 5.82 Å². The fraction of sp³-hybridized carbons (Fsp3) is 0.707. The molecule has 1 aromatic carbocycles. The number of nitrogen functional groups attached to an aromatic ring is 1. The Kier molecular flexibility index (Phi) is 19.5. The number of nitrogens with two attached hydrogens (primary N) is 1. The average molecular weight is 791 g/mol. The molecular weight excluding hydrogens is 723 g/mol. The van der Waals surface area contributed by atoms with Crippen molar-refractivity contribution in [1.82, 2.24) is 14.6 Å². The first kappa shape index (κ1) is 45.3. The Morgan fingerprint density at radius 1 is 0.873 bits per heavy atom. The number of aromatic nitrogens is 3. The van der Waals surface area contributed by atoms with E-state index in [4.69, 9.17) is 29.0 Å². The number of hydrogen-bond acceptors (Lipinski definition) is 11. The topological polar surface area (TPSA) is 180 Å². The van der Waals surface area contributed by atoms with Gasteiger partial charge in [-0.25, -0.2) is 14.1 Å². The molecule has 5 N–H and O–H groups in total. The average Bonchev–Trinajstić information content (AvgIpc) is 3.72. The molecule has 3 heterocycles. The van der Waals surface area contributed by atoms with Crippen molar-refractivity contribution in [2.75, 3.05) is 25.6 Å². The minimum Gasteiger partial charge on any atom is -0.387 e. The van der Waals surface area contributed by atoms with Gasteiger partial charge in [-0.3, -0.25) is 9.05 Å². The number of unbranched alkanes of at least 4 members (excludes halogenated alkanes) is 15. The largest absolute Gasteiger partial charge is 0.472 e. The molecule has 3 aromatic rings. The number of phosphoric ester groups is 1. The quantitative estimate of drug-likeness (QED) is 0.0393. The van der Waals surface area contributed by atoms with E-state index in [1.165, 1.54) is 101 Å². The predicted molar refractivity (Wildman–Crippen MR) is 213 cm³/mol. The van der Waals surface area contributed by atoms with Crippen LogP contribution in [0.3, 0.4) is 0 Å². The van der Waals surface area contributed by atoms with E-state index in [2.05, 4.69) is 17.0 Å². The first-order chi connectivity index (χ1) is 26.6. The van der Waals surface area contributed by atoms with Crippen molar-refractivity contribution in [2.45, 2.75) is 166 Å². The number of hydrogen-bond donors (Lipinski definition) is 4. The van der Waals surface area contributed by atoms with E-state index in [9.17, 15) is 19.7 Å². The van der Waals surface area contributed by atoms with Gasteiger partial charge >= 0.3 is 7.82 Å². The van der Waals surface area contributed by atoms with Crippen molar-refractivity contribution in [3.8, 4) is 0 Å². The molecule has 2 aromatic heterocycles. The van der Waals surface area contributed by atoms with Gasteiger partial charge in [0.15, 0.2) is 5.82 Å². The van der Waals surface area contributed by atoms with Gasteiger partial charge in [-0.15, -0.1) is 0 Å². The second-order valence-electron chi connectivity index (χ2n) is 15.1. The third-order valence-corrected chi connectivity index (χ3v) is 11.6. The third kappa shape index (κ3) is 14.5. The number of aliphatic hydroxyl groups is 2. The summed E-state index contributed by atoms with van der Waals surface area (Å²) in [5, 5.41) is 26.1. The summed E-state index contributed by atoms with van der Waals surface area (Å²) in [4.78, 5) is 14.6. The van der Waals surface area contributed by atoms with Crippen LogP contribution in [0, 0.1) is 0 Å². The number of rotatable bonds is 29. The van der Waals surface area contributed by atoms with Gasteiger partial charge in [-0.2, -0.15) is 5.10 Å². The number of aliphatic hydroxyl groups excluding tert-OH is 2. The van der Waals surface area contributed by atoms with Gasteiger partial charge in [-0.05, 0) is 38.0 Å². The van der Waals surface area contributed by atoms with E-state index >= 15 is 0 Å². The smallest absolute Gasteiger partial charge is 0.387 e. The molecule has 13 nitrogen and oxygen atoms in total. The standard InChI is InChI=1S/C41H67N4O9P/c1-4-5-6-7-8-9-10-11-12-13-14-15-16-17-18-22-27-50-32(2)35(51-28-33-23-20-19-21-24-33)29-52-55(48,49)53-30-36-38(46)39(47)41(3,54-36)37-26-25-34-40(42)43-31-44-45(34)37/h19-21,23-26,31-32,35-36,38-39,46-47H,4-18,22,27-30H2,1-3H3,(H,48,49)(H2,42,43,44)/t32-,35+,36-,38-,39-,41+/m1/s1. The Bertz CT molecular complexity index is 1550. The van der Waals surface area contributed by atoms with Crippen molar-refractivity contribution in [1.29, 1.82) is 0 Å². The van der Waals surface area contributed by atoms with Crippen molar-refractivity contribution < 1.29 is 42.9 Å². The van der Waals surface area contributed by atoms with Crippen LogP contribution in [0.25, 0.3) is 5.52 Å². The molecule has 0 amide bonds. The third-order valence-electron chi connectivity index (χ3n) is 10.7. The van der Waals surface area contributed by atoms with Crippen LogP contribution in [-0.2, 0) is 40.0 Å². The molecule has 0 radical (unpaired) electrons. The number of anilines is 1. The van der Waals surface area contributed by atoms with Crippen molar-refractivity contribution in [3.05, 3.63) is 60.0 Å². The van der Waals surface area contributed by atoms with Gasteiger partial charge in [0.25, 0.3) is 0 Å². The Labute approximate surface area is 327 Å². The monoisotopic (exact) mass is 790 g/mol. The summed E-state index contributed by atoms with van der Waals surface area (Å²) in [5.74, 6) is 0.238. The van der Waals surface area contributed by atoms with Crippen LogP contribution in [0.5, 0.6) is 0 Å². The SMILES string of the molecule is CCCCCCCCCCCCCCCCCCO[C@H](C)[C@H](COP(=O)(O)OC[C@H]1O[C@@](C)(c2ccc3c(N)ncnn23)[C@H](O)[C@@H]1O)OCc1ccccc1. The van der Waals surface area contributed by atoms with E-state index in [0.717, 1.165) is 18.4 Å². The van der Waals surface area contributed by atoms with Gasteiger partial charge in [0.1, 0.15) is 41.9 Å². The Hall–Kier alpha value is -2.45. The first-order valence-electron chi connectivity index (χ1n) is 20.6. The number of ether oxygens (including phenoxy) is 3. The highest BCUT2D eigenvalue weighted by molar-refractivity contribution is 7.47. The zero-order chi connectivity index (χ0) is 39.5. The molecule has 1 aliphatic heterocycles. The van der Waals surface area contributed by atoms with Crippen molar-refractivity contribution in [3.63, 3.8) is 0 Å². The van der Waals surface area contributed by atoms with Gasteiger partial charge in [0.05, 0.1) is 31.6 Å². The lowest BCUT2D eigenvalue weighted by Gasteiger charge is -2.27. The summed E-state index contributed by atoms with van der Waals surface area (Å²) in [7, 11) is -4.64. The number of fused-ring (bicyclic) bond motifs is 1. The minimum absolute atomic E-state index is 0.238. The minimum atomic E-state index is -4.64. The Morgan fingerprint density at radius 3 is 2.09 bits per heavy atom. The summed E-state index contributed by atoms with van der Waals surface area (Å²) in [6.07, 6.45) is 17.0. The summed E-state index contributed by atoms with van der Waals surface area (Å²) < 4.78 is 43.5. The maximum Gasteiger partial charge on any atom is 0.472 e. The number of phosphoric acid groups is 1. The van der Waals surface area contributed by atoms with Gasteiger partial charge in [0.2, 0.25) is 0 Å². The van der Waals surface area contributed by atoms with E-state index in [0.29, 0.717) is 17.8 Å². The summed E-state index contributed by atoms with van der Waals surface area (Å²) in [5.41, 5.74) is 6.39. The molecule has 4 rings (SSSR count). The Morgan fingerprint density at radius 2 is 1.47 bits per heavy atom. The highest BCUT2D eigenvalue weighted by Gasteiger charge is 2.54. The predicted octanol–water partition coefficient (Wildman–Crippen LogP) is 8.03. The summed E-state index contributed by atoms with van der Waals surface area (Å²) in [6.45, 7) is 5.74. The van der Waals surface area contributed by atoms with Gasteiger partial charge < -0.3 is 35.1 Å². The van der Waals surface area contributed by atoms with E-state index in [1.807, 2.05) is 37.3 Å². The molecule has 55 heavy (non-hydrogen) atoms. The van der Waals surface area contributed by atoms with Crippen LogP contribution in [-0.4, -0.2) is 80.0 Å². The van der Waals surface area contributed by atoms with Crippen LogP contribution in [0.15, 0.2) is 48.8 Å². The lowest BCUT2D eigenvalue weighted by molar-refractivity contribution is -0.0972. The molecule has 1 fully saturated rings. The van der Waals surface area contributed by atoms with Crippen LogP contribution in [0.1, 0.15) is 135 Å². The molecule has 0 bridgehead atoms. The number of nitrogens with zero attached hydrogens (tertiary/aromatic N) is 3. The van der Waals surface area contributed by atoms with E-state index < -0.39 is 50.6 Å². The summed E-state index contributed by atoms with van der Waals surface area (Å²) in [6, 6.07) is 13.0. The molecule has 310 valence electrons.